The molecule has 1 aromatic rings. The van der Waals surface area contributed by atoms with Crippen LogP contribution in [0.5, 0.6) is 0 Å². The van der Waals surface area contributed by atoms with Crippen molar-refractivity contribution in [1.29, 1.82) is 0 Å². The number of fused-ring (bicyclic) bond motifs is 1. The molecule has 1 N–H and O–H groups in total. The monoisotopic (exact) mass is 233 g/mol. The third-order valence-corrected chi connectivity index (χ3v) is 3.71. The molecular formula is C13H19N3O. The summed E-state index contributed by atoms with van der Waals surface area (Å²) in [6.45, 7) is 5.72. The van der Waals surface area contributed by atoms with Crippen molar-refractivity contribution in [3.63, 3.8) is 0 Å². The summed E-state index contributed by atoms with van der Waals surface area (Å²) in [5.74, 6) is 1.53. The van der Waals surface area contributed by atoms with Crippen molar-refractivity contribution >= 4 is 0 Å². The van der Waals surface area contributed by atoms with Gasteiger partial charge >= 0.3 is 0 Å². The van der Waals surface area contributed by atoms with Gasteiger partial charge in [0.1, 0.15) is 5.82 Å². The van der Waals surface area contributed by atoms with E-state index in [1.54, 1.807) is 0 Å². The molecule has 92 valence electrons. The number of hydrogen-bond acceptors (Lipinski definition) is 4. The molecule has 1 aromatic heterocycles. The number of ether oxygens (including phenoxy) is 1. The molecule has 0 aromatic carbocycles. The number of aromatic nitrogens is 2. The van der Waals surface area contributed by atoms with E-state index in [0.29, 0.717) is 12.5 Å². The van der Waals surface area contributed by atoms with Crippen LogP contribution in [0, 0.1) is 6.92 Å². The molecule has 2 aliphatic rings. The molecule has 1 atom stereocenters. The minimum atomic E-state index is 0.496. The van der Waals surface area contributed by atoms with Crippen LogP contribution in [-0.2, 0) is 17.8 Å². The van der Waals surface area contributed by atoms with Gasteiger partial charge in [-0.2, -0.15) is 0 Å². The predicted molar refractivity (Wildman–Crippen MR) is 65.0 cm³/mol. The van der Waals surface area contributed by atoms with E-state index in [-0.39, 0.29) is 0 Å². The van der Waals surface area contributed by atoms with E-state index in [2.05, 4.69) is 17.2 Å². The molecule has 1 fully saturated rings. The largest absolute Gasteiger partial charge is 0.376 e. The normalized spacial score (nSPS) is 24.4. The lowest BCUT2D eigenvalue weighted by Gasteiger charge is -2.24. The molecule has 4 nitrogen and oxygen atoms in total. The Hall–Kier alpha value is -1.00. The molecule has 0 aliphatic carbocycles. The van der Waals surface area contributed by atoms with Gasteiger partial charge in [0, 0.05) is 30.1 Å². The maximum atomic E-state index is 5.47. The van der Waals surface area contributed by atoms with Crippen molar-refractivity contribution < 1.29 is 4.74 Å². The van der Waals surface area contributed by atoms with Crippen molar-refractivity contribution in [2.24, 2.45) is 0 Å². The lowest BCUT2D eigenvalue weighted by Crippen LogP contribution is -2.30. The minimum absolute atomic E-state index is 0.496. The van der Waals surface area contributed by atoms with Crippen LogP contribution in [0.4, 0.5) is 0 Å². The number of rotatable bonds is 1. The van der Waals surface area contributed by atoms with E-state index in [1.807, 2.05) is 0 Å². The van der Waals surface area contributed by atoms with Gasteiger partial charge in [-0.1, -0.05) is 0 Å². The molecule has 0 radical (unpaired) electrons. The predicted octanol–water partition coefficient (Wildman–Crippen LogP) is 1.32. The highest BCUT2D eigenvalue weighted by atomic mass is 16.5. The molecule has 1 saturated heterocycles. The van der Waals surface area contributed by atoms with Crippen LogP contribution < -0.4 is 5.32 Å². The van der Waals surface area contributed by atoms with Gasteiger partial charge < -0.3 is 10.1 Å². The van der Waals surface area contributed by atoms with Crippen LogP contribution in [0.2, 0.25) is 0 Å². The Labute approximate surface area is 102 Å². The van der Waals surface area contributed by atoms with E-state index in [4.69, 9.17) is 9.72 Å². The average Bonchev–Trinajstić information content (AvgIpc) is 2.40. The van der Waals surface area contributed by atoms with Gasteiger partial charge in [-0.25, -0.2) is 9.97 Å². The first-order chi connectivity index (χ1) is 8.34. The van der Waals surface area contributed by atoms with Crippen molar-refractivity contribution in [3.05, 3.63) is 22.8 Å². The van der Waals surface area contributed by atoms with Crippen LogP contribution in [0.1, 0.15) is 41.5 Å². The zero-order chi connectivity index (χ0) is 11.7. The summed E-state index contributed by atoms with van der Waals surface area (Å²) in [6, 6.07) is 0. The van der Waals surface area contributed by atoms with E-state index in [0.717, 1.165) is 37.6 Å². The highest BCUT2D eigenvalue weighted by Gasteiger charge is 2.22. The van der Waals surface area contributed by atoms with Gasteiger partial charge in [-0.3, -0.25) is 0 Å². The Morgan fingerprint density at radius 1 is 1.35 bits per heavy atom. The van der Waals surface area contributed by atoms with Crippen LogP contribution in [-0.4, -0.2) is 29.7 Å². The lowest BCUT2D eigenvalue weighted by molar-refractivity contribution is 0.108. The molecule has 0 saturated carbocycles. The first-order valence-electron chi connectivity index (χ1n) is 6.49. The fourth-order valence-corrected chi connectivity index (χ4v) is 2.67. The fraction of sp³-hybridized carbons (Fsp3) is 0.692. The zero-order valence-electron chi connectivity index (χ0n) is 10.3. The molecule has 2 aliphatic heterocycles. The second kappa shape index (κ2) is 4.70. The highest BCUT2D eigenvalue weighted by Crippen LogP contribution is 2.24. The quantitative estimate of drug-likeness (QED) is 0.795. The van der Waals surface area contributed by atoms with Crippen LogP contribution in [0.3, 0.4) is 0 Å². The summed E-state index contributed by atoms with van der Waals surface area (Å²) in [4.78, 5) is 9.45. The number of hydrogen-bond donors (Lipinski definition) is 1. The Bertz CT molecular complexity index is 413. The third kappa shape index (κ3) is 2.19. The van der Waals surface area contributed by atoms with Crippen LogP contribution >= 0.6 is 0 Å². The molecule has 17 heavy (non-hydrogen) atoms. The molecule has 4 heteroatoms. The second-order valence-electron chi connectivity index (χ2n) is 4.94. The number of aryl methyl sites for hydroxylation is 1. The van der Waals surface area contributed by atoms with E-state index in [1.165, 1.54) is 24.1 Å². The second-order valence-corrected chi connectivity index (χ2v) is 4.94. The Morgan fingerprint density at radius 3 is 3.12 bits per heavy atom. The van der Waals surface area contributed by atoms with Crippen molar-refractivity contribution in [1.82, 2.24) is 15.3 Å². The van der Waals surface area contributed by atoms with Crippen molar-refractivity contribution in [2.45, 2.75) is 38.7 Å². The van der Waals surface area contributed by atoms with E-state index >= 15 is 0 Å². The molecule has 1 unspecified atom stereocenters. The molecule has 0 spiro atoms. The first-order valence-corrected chi connectivity index (χ1v) is 6.49. The summed E-state index contributed by atoms with van der Waals surface area (Å²) < 4.78 is 5.47. The molecule has 3 heterocycles. The minimum Gasteiger partial charge on any atom is -0.376 e. The molecule has 0 bridgehead atoms. The Morgan fingerprint density at radius 2 is 2.29 bits per heavy atom. The van der Waals surface area contributed by atoms with Crippen molar-refractivity contribution in [3.8, 4) is 0 Å². The van der Waals surface area contributed by atoms with Gasteiger partial charge in [0.2, 0.25) is 0 Å². The average molecular weight is 233 g/mol. The SMILES string of the molecule is Cc1nc(C2CCCNC2)nc2c1COCC2. The Kier molecular flexibility index (Phi) is 3.07. The molecule has 3 rings (SSSR count). The van der Waals surface area contributed by atoms with E-state index < -0.39 is 0 Å². The molecular weight excluding hydrogens is 214 g/mol. The summed E-state index contributed by atoms with van der Waals surface area (Å²) >= 11 is 0. The summed E-state index contributed by atoms with van der Waals surface area (Å²) in [6.07, 6.45) is 3.38. The summed E-state index contributed by atoms with van der Waals surface area (Å²) in [7, 11) is 0. The zero-order valence-corrected chi connectivity index (χ0v) is 10.3. The third-order valence-electron chi connectivity index (χ3n) is 3.71. The van der Waals surface area contributed by atoms with Gasteiger partial charge in [-0.15, -0.1) is 0 Å². The summed E-state index contributed by atoms with van der Waals surface area (Å²) in [5.41, 5.74) is 3.53. The lowest BCUT2D eigenvalue weighted by atomic mass is 9.98. The maximum absolute atomic E-state index is 5.47. The number of nitrogens with zero attached hydrogens (tertiary/aromatic N) is 2. The van der Waals surface area contributed by atoms with Gasteiger partial charge in [-0.05, 0) is 26.3 Å². The van der Waals surface area contributed by atoms with Crippen molar-refractivity contribution in [2.75, 3.05) is 19.7 Å². The Balaban J connectivity index is 1.92. The first kappa shape index (κ1) is 11.1. The van der Waals surface area contributed by atoms with Gasteiger partial charge in [0.15, 0.2) is 0 Å². The maximum Gasteiger partial charge on any atom is 0.133 e. The van der Waals surface area contributed by atoms with Gasteiger partial charge in [0.25, 0.3) is 0 Å². The highest BCUT2D eigenvalue weighted by molar-refractivity contribution is 5.27. The van der Waals surface area contributed by atoms with E-state index in [9.17, 15) is 0 Å². The summed E-state index contributed by atoms with van der Waals surface area (Å²) in [5, 5.41) is 3.43. The van der Waals surface area contributed by atoms with Gasteiger partial charge in [0.05, 0.1) is 18.9 Å². The van der Waals surface area contributed by atoms with Crippen LogP contribution in [0.25, 0.3) is 0 Å². The number of nitrogens with one attached hydrogen (secondary N) is 1. The topological polar surface area (TPSA) is 47.0 Å². The fourth-order valence-electron chi connectivity index (χ4n) is 2.67. The van der Waals surface area contributed by atoms with Crippen LogP contribution in [0.15, 0.2) is 0 Å². The standard InChI is InChI=1S/C13H19N3O/c1-9-11-8-17-6-4-12(11)16-13(15-9)10-3-2-5-14-7-10/h10,14H,2-8H2,1H3. The smallest absolute Gasteiger partial charge is 0.133 e. The molecule has 0 amide bonds. The number of piperidine rings is 1.